The van der Waals surface area contributed by atoms with Crippen LogP contribution >= 0.6 is 0 Å². The summed E-state index contributed by atoms with van der Waals surface area (Å²) in [6.45, 7) is 25.6. The predicted molar refractivity (Wildman–Crippen MR) is 122 cm³/mol. The molecule has 0 radical (unpaired) electrons. The normalized spacial score (nSPS) is 33.8. The number of ketones is 2. The molecule has 0 amide bonds. The third kappa shape index (κ3) is 3.37. The number of allylic oxidation sites excluding steroid dienone is 3. The lowest BCUT2D eigenvalue weighted by Crippen LogP contribution is -2.56. The first kappa shape index (κ1) is 23.2. The molecule has 0 aliphatic heterocycles. The van der Waals surface area contributed by atoms with Gasteiger partial charge in [0, 0.05) is 29.3 Å². The summed E-state index contributed by atoms with van der Waals surface area (Å²) in [4.78, 5) is 29.1. The van der Waals surface area contributed by atoms with Gasteiger partial charge in [0.15, 0.2) is 19.9 Å². The van der Waals surface area contributed by atoms with Gasteiger partial charge in [-0.15, -0.1) is 0 Å². The fourth-order valence-electron chi connectivity index (χ4n) is 5.74. The minimum Gasteiger partial charge on any atom is -0.416 e. The van der Waals surface area contributed by atoms with Crippen molar-refractivity contribution in [3.05, 3.63) is 34.8 Å². The van der Waals surface area contributed by atoms with E-state index < -0.39 is 19.1 Å². The number of Topliss-reactive ketones (excluding diaryl/α,β-unsaturated/α-hetero) is 1. The zero-order valence-corrected chi connectivity index (χ0v) is 20.9. The Labute approximate surface area is 183 Å². The summed E-state index contributed by atoms with van der Waals surface area (Å²) in [5, 5.41) is 0.121. The summed E-state index contributed by atoms with van der Waals surface area (Å²) in [6, 6.07) is 0. The van der Waals surface area contributed by atoms with Gasteiger partial charge in [-0.3, -0.25) is 4.79 Å². The Bertz CT molecular complexity index is 883. The zero-order chi connectivity index (χ0) is 22.8. The molecule has 0 N–H and O–H groups in total. The zero-order valence-electron chi connectivity index (χ0n) is 19.9. The van der Waals surface area contributed by atoms with Gasteiger partial charge < -0.3 is 9.22 Å². The van der Waals surface area contributed by atoms with E-state index in [1.165, 1.54) is 0 Å². The van der Waals surface area contributed by atoms with Gasteiger partial charge >= 0.3 is 0 Å². The minimum atomic E-state index is -1.95. The number of carbonyl (C=O) groups is 2. The molecule has 0 aromatic carbocycles. The fourth-order valence-corrected chi connectivity index (χ4v) is 6.82. The predicted octanol–water partition coefficient (Wildman–Crippen LogP) is 6.11. The van der Waals surface area contributed by atoms with Crippen LogP contribution in [-0.4, -0.2) is 26.5 Å². The first-order valence-corrected chi connectivity index (χ1v) is 14.1. The number of hydrogen-bond donors (Lipinski definition) is 0. The highest BCUT2D eigenvalue weighted by molar-refractivity contribution is 6.74. The van der Waals surface area contributed by atoms with Crippen LogP contribution in [0.2, 0.25) is 18.1 Å². The molecule has 5 heteroatoms. The number of nitrogens with zero attached hydrogens (tertiary/aromatic N) is 1. The van der Waals surface area contributed by atoms with E-state index in [1.54, 1.807) is 0 Å². The maximum absolute atomic E-state index is 13.0. The molecule has 0 saturated heterocycles. The van der Waals surface area contributed by atoms with Crippen LogP contribution in [-0.2, 0) is 14.0 Å². The van der Waals surface area contributed by atoms with Gasteiger partial charge in [-0.05, 0) is 55.0 Å². The van der Waals surface area contributed by atoms with Crippen molar-refractivity contribution < 1.29 is 14.0 Å². The largest absolute Gasteiger partial charge is 0.416 e. The van der Waals surface area contributed by atoms with E-state index in [2.05, 4.69) is 45.6 Å². The van der Waals surface area contributed by atoms with Crippen molar-refractivity contribution in [2.75, 3.05) is 6.61 Å². The van der Waals surface area contributed by atoms with Gasteiger partial charge in [-0.25, -0.2) is 4.85 Å². The van der Waals surface area contributed by atoms with Crippen LogP contribution in [0.25, 0.3) is 4.85 Å². The van der Waals surface area contributed by atoms with E-state index >= 15 is 0 Å². The maximum Gasteiger partial charge on any atom is 0.226 e. The molecule has 0 bridgehead atoms. The highest BCUT2D eigenvalue weighted by Gasteiger charge is 2.60. The number of fused-ring (bicyclic) bond motifs is 3. The second-order valence-corrected chi connectivity index (χ2v) is 16.7. The summed E-state index contributed by atoms with van der Waals surface area (Å²) >= 11 is 0. The van der Waals surface area contributed by atoms with Gasteiger partial charge in [0.05, 0.1) is 6.57 Å². The Kier molecular flexibility index (Phi) is 5.40. The fraction of sp³-hybridized carbons (Fsp3) is 0.720. The summed E-state index contributed by atoms with van der Waals surface area (Å²) in [5.74, 6) is 0.177. The standard InChI is InChI=1S/C25H37NO3Si/c1-22(2,3)30(8,9)29-16-25-12-10-17(27)14-20(25)24(6)15-18(26-7)21(28)23(4,5)19(24)11-13-25/h14-15,19H,10-13,16H2,1-6,8-9H3/t19-,24-,25+/m0/s1. The molecule has 4 nitrogen and oxygen atoms in total. The van der Waals surface area contributed by atoms with Crippen LogP contribution in [0.1, 0.15) is 67.2 Å². The van der Waals surface area contributed by atoms with Crippen molar-refractivity contribution in [3.63, 3.8) is 0 Å². The van der Waals surface area contributed by atoms with Gasteiger partial charge in [-0.2, -0.15) is 0 Å². The molecular weight excluding hydrogens is 390 g/mol. The molecule has 0 aromatic rings. The average molecular weight is 428 g/mol. The number of hydrogen-bond acceptors (Lipinski definition) is 3. The Morgan fingerprint density at radius 2 is 1.83 bits per heavy atom. The summed E-state index contributed by atoms with van der Waals surface area (Å²) in [5.41, 5.74) is 0.0516. The van der Waals surface area contributed by atoms with Crippen molar-refractivity contribution in [1.29, 1.82) is 0 Å². The van der Waals surface area contributed by atoms with Crippen LogP contribution in [0.5, 0.6) is 0 Å². The van der Waals surface area contributed by atoms with Crippen LogP contribution in [0.15, 0.2) is 23.4 Å². The Balaban J connectivity index is 2.10. The lowest BCUT2D eigenvalue weighted by atomic mass is 9.45. The molecule has 3 rings (SSSR count). The molecule has 1 saturated carbocycles. The van der Waals surface area contributed by atoms with Crippen molar-refractivity contribution in [3.8, 4) is 0 Å². The molecule has 1 fully saturated rings. The molecule has 3 aliphatic carbocycles. The second kappa shape index (κ2) is 7.00. The van der Waals surface area contributed by atoms with Crippen molar-refractivity contribution in [2.45, 2.75) is 85.4 Å². The van der Waals surface area contributed by atoms with Gasteiger partial charge in [-0.1, -0.05) is 47.6 Å². The van der Waals surface area contributed by atoms with E-state index in [9.17, 15) is 9.59 Å². The summed E-state index contributed by atoms with van der Waals surface area (Å²) in [7, 11) is -1.95. The molecule has 0 aromatic heterocycles. The van der Waals surface area contributed by atoms with Crippen molar-refractivity contribution in [2.24, 2.45) is 22.2 Å². The lowest BCUT2D eigenvalue weighted by molar-refractivity contribution is -0.131. The van der Waals surface area contributed by atoms with E-state index in [0.29, 0.717) is 13.0 Å². The molecule has 0 heterocycles. The second-order valence-electron chi connectivity index (χ2n) is 11.9. The molecule has 3 aliphatic rings. The molecule has 0 unspecified atom stereocenters. The Hall–Kier alpha value is -1.51. The van der Waals surface area contributed by atoms with E-state index in [0.717, 1.165) is 24.8 Å². The van der Waals surface area contributed by atoms with E-state index in [4.69, 9.17) is 11.0 Å². The molecule has 3 atom stereocenters. The maximum atomic E-state index is 13.0. The molecule has 164 valence electrons. The van der Waals surface area contributed by atoms with Crippen LogP contribution in [0, 0.1) is 28.7 Å². The quantitative estimate of drug-likeness (QED) is 0.403. The molecule has 0 spiro atoms. The SMILES string of the molecule is [C-]#[N+]C1=C[C@]2(C)C3=CC(=O)CC[C@]3(CO[Si](C)(C)C(C)(C)C)CC[C@H]2C(C)(C)C1=O. The number of rotatable bonds is 3. The van der Waals surface area contributed by atoms with Crippen LogP contribution < -0.4 is 0 Å². The van der Waals surface area contributed by atoms with Crippen molar-refractivity contribution in [1.82, 2.24) is 0 Å². The molecule has 30 heavy (non-hydrogen) atoms. The third-order valence-electron chi connectivity index (χ3n) is 8.70. The smallest absolute Gasteiger partial charge is 0.226 e. The first-order valence-electron chi connectivity index (χ1n) is 11.2. The average Bonchev–Trinajstić information content (AvgIpc) is 2.63. The first-order chi connectivity index (χ1) is 13.6. The Morgan fingerprint density at radius 3 is 2.40 bits per heavy atom. The van der Waals surface area contributed by atoms with Crippen molar-refractivity contribution >= 4 is 19.9 Å². The highest BCUT2D eigenvalue weighted by Crippen LogP contribution is 2.64. The van der Waals surface area contributed by atoms with E-state index in [1.807, 2.05) is 26.0 Å². The highest BCUT2D eigenvalue weighted by atomic mass is 28.4. The van der Waals surface area contributed by atoms with Gasteiger partial charge in [0.25, 0.3) is 0 Å². The van der Waals surface area contributed by atoms with Gasteiger partial charge in [0.2, 0.25) is 5.70 Å². The minimum absolute atomic E-state index is 0.0623. The molecular formula is C25H37NO3Si. The van der Waals surface area contributed by atoms with Gasteiger partial charge in [0.1, 0.15) is 0 Å². The Morgan fingerprint density at radius 1 is 1.20 bits per heavy atom. The third-order valence-corrected chi connectivity index (χ3v) is 13.2. The lowest BCUT2D eigenvalue weighted by Gasteiger charge is -2.59. The van der Waals surface area contributed by atoms with Crippen LogP contribution in [0.4, 0.5) is 0 Å². The summed E-state index contributed by atoms with van der Waals surface area (Å²) < 4.78 is 6.72. The topological polar surface area (TPSA) is 47.7 Å². The van der Waals surface area contributed by atoms with Crippen LogP contribution in [0.3, 0.4) is 0 Å². The monoisotopic (exact) mass is 427 g/mol. The number of carbonyl (C=O) groups excluding carboxylic acids is 2. The van der Waals surface area contributed by atoms with E-state index in [-0.39, 0.29) is 33.6 Å². The summed E-state index contributed by atoms with van der Waals surface area (Å²) in [6.07, 6.45) is 6.90.